The van der Waals surface area contributed by atoms with E-state index in [0.717, 1.165) is 56.6 Å². The lowest BCUT2D eigenvalue weighted by Gasteiger charge is -2.18. The molecule has 0 unspecified atom stereocenters. The smallest absolute Gasteiger partial charge is 0.349 e. The van der Waals surface area contributed by atoms with Crippen LogP contribution < -0.4 is 24.8 Å². The quantitative estimate of drug-likeness (QED) is 0.381. The Morgan fingerprint density at radius 3 is 2.20 bits per heavy atom. The number of halogens is 3. The number of nitrogens with one attached hydrogen (secondary N) is 2. The van der Waals surface area contributed by atoms with Gasteiger partial charge in [0.05, 0.1) is 44.4 Å². The van der Waals surface area contributed by atoms with Crippen molar-refractivity contribution in [1.82, 2.24) is 0 Å². The van der Waals surface area contributed by atoms with Gasteiger partial charge in [0.25, 0.3) is 0 Å². The summed E-state index contributed by atoms with van der Waals surface area (Å²) in [7, 11) is 2.23. The van der Waals surface area contributed by atoms with Crippen molar-refractivity contribution < 1.29 is 51.2 Å². The predicted molar refractivity (Wildman–Crippen MR) is 139 cm³/mol. The monoisotopic (exact) mass is 592 g/mol. The van der Waals surface area contributed by atoms with Crippen LogP contribution in [0.3, 0.4) is 0 Å². The van der Waals surface area contributed by atoms with E-state index in [4.69, 9.17) is 18.9 Å². The van der Waals surface area contributed by atoms with E-state index in [1.165, 1.54) is 11.4 Å². The van der Waals surface area contributed by atoms with Gasteiger partial charge >= 0.3 is 18.0 Å². The molecule has 1 spiro atoms. The van der Waals surface area contributed by atoms with Gasteiger partial charge < -0.3 is 34.3 Å². The van der Waals surface area contributed by atoms with Gasteiger partial charge in [-0.1, -0.05) is 0 Å². The van der Waals surface area contributed by atoms with Gasteiger partial charge in [0.15, 0.2) is 29.0 Å². The number of benzene rings is 2. The molecule has 2 aliphatic rings. The van der Waals surface area contributed by atoms with E-state index in [1.54, 1.807) is 0 Å². The molecular weight excluding hydrogens is 569 g/mol. The molecule has 1 fully saturated rings. The SMILES string of the molecule is COC(=O)c1scc(NC(=O)Nc2cc3c(cc2F)OCC2(CC2)COc2ccc(F)c(F)c2CO3)c1C(=O)OC. The van der Waals surface area contributed by atoms with Crippen LogP contribution in [0.5, 0.6) is 17.2 Å². The van der Waals surface area contributed by atoms with E-state index in [2.05, 4.69) is 15.4 Å². The molecule has 2 aromatic carbocycles. The summed E-state index contributed by atoms with van der Waals surface area (Å²) >= 11 is 0.838. The van der Waals surface area contributed by atoms with Crippen LogP contribution in [0.4, 0.5) is 29.3 Å². The predicted octanol–water partition coefficient (Wildman–Crippen LogP) is 5.51. The Balaban J connectivity index is 1.42. The van der Waals surface area contributed by atoms with Gasteiger partial charge in [0.1, 0.15) is 22.8 Å². The van der Waals surface area contributed by atoms with E-state index in [-0.39, 0.29) is 63.3 Å². The summed E-state index contributed by atoms with van der Waals surface area (Å²) in [5.74, 6) is -4.77. The zero-order valence-corrected chi connectivity index (χ0v) is 22.5. The van der Waals surface area contributed by atoms with Crippen molar-refractivity contribution in [3.8, 4) is 17.2 Å². The normalized spacial score (nSPS) is 15.0. The van der Waals surface area contributed by atoms with Crippen LogP contribution in [0.15, 0.2) is 29.6 Å². The standard InChI is InChI=1S/C27H23F3N2O8S/c1-36-24(33)21-17(10-41-23(21)25(34)37-2)32-26(35)31-16-8-20-19(7-15(16)29)40-12-27(5-6-27)11-39-18-4-3-14(28)22(30)13(18)9-38-20/h3-4,7-8,10H,5-6,9,11-12H2,1-2H3,(H2,31,32,35). The third-order valence-electron chi connectivity index (χ3n) is 6.63. The van der Waals surface area contributed by atoms with E-state index >= 15 is 4.39 Å². The van der Waals surface area contributed by atoms with Crippen LogP contribution in [0, 0.1) is 22.9 Å². The Hall–Kier alpha value is -4.46. The minimum Gasteiger partial charge on any atom is -0.492 e. The lowest BCUT2D eigenvalue weighted by molar-refractivity contribution is 0.0561. The number of amides is 2. The van der Waals surface area contributed by atoms with Crippen molar-refractivity contribution in [2.45, 2.75) is 19.4 Å². The number of carbonyl (C=O) groups is 3. The molecule has 1 aliphatic heterocycles. The van der Waals surface area contributed by atoms with E-state index < -0.39 is 42.0 Å². The molecular formula is C27H23F3N2O8S. The topological polar surface area (TPSA) is 121 Å². The average Bonchev–Trinajstić information content (AvgIpc) is 3.62. The summed E-state index contributed by atoms with van der Waals surface area (Å²) in [6.07, 6.45) is 1.52. The Bertz CT molecular complexity index is 1540. The molecule has 1 saturated carbocycles. The number of urea groups is 1. The number of hydrogen-bond acceptors (Lipinski definition) is 9. The minimum absolute atomic E-state index is 0.00599. The first-order chi connectivity index (χ1) is 19.6. The summed E-state index contributed by atoms with van der Waals surface area (Å²) < 4.78 is 70.5. The van der Waals surface area contributed by atoms with Crippen LogP contribution in [0.25, 0.3) is 0 Å². The molecule has 216 valence electrons. The third-order valence-corrected chi connectivity index (χ3v) is 7.59. The molecule has 2 amide bonds. The maximum atomic E-state index is 15.1. The van der Waals surface area contributed by atoms with E-state index in [0.29, 0.717) is 0 Å². The van der Waals surface area contributed by atoms with Gasteiger partial charge in [-0.15, -0.1) is 11.3 Å². The molecule has 0 radical (unpaired) electrons. The maximum Gasteiger partial charge on any atom is 0.349 e. The van der Waals surface area contributed by atoms with Crippen molar-refractivity contribution in [2.75, 3.05) is 38.1 Å². The second-order valence-electron chi connectivity index (χ2n) is 9.40. The van der Waals surface area contributed by atoms with Crippen molar-refractivity contribution in [3.05, 3.63) is 63.1 Å². The first-order valence-corrected chi connectivity index (χ1v) is 13.1. The van der Waals surface area contributed by atoms with Crippen molar-refractivity contribution in [1.29, 1.82) is 0 Å². The molecule has 1 aromatic heterocycles. The molecule has 3 aromatic rings. The Kier molecular flexibility index (Phi) is 7.67. The molecule has 2 heterocycles. The largest absolute Gasteiger partial charge is 0.492 e. The fourth-order valence-electron chi connectivity index (χ4n) is 4.09. The van der Waals surface area contributed by atoms with Gasteiger partial charge in [0, 0.05) is 22.9 Å². The fraction of sp³-hybridized carbons (Fsp3) is 0.296. The number of fused-ring (bicyclic) bond motifs is 2. The van der Waals surface area contributed by atoms with Crippen molar-refractivity contribution in [3.63, 3.8) is 0 Å². The molecule has 2 N–H and O–H groups in total. The second kappa shape index (κ2) is 11.2. The highest BCUT2D eigenvalue weighted by atomic mass is 32.1. The number of anilines is 2. The fourth-order valence-corrected chi connectivity index (χ4v) is 5.00. The van der Waals surface area contributed by atoms with E-state index in [9.17, 15) is 23.2 Å². The van der Waals surface area contributed by atoms with Gasteiger partial charge in [-0.2, -0.15) is 0 Å². The maximum absolute atomic E-state index is 15.1. The van der Waals surface area contributed by atoms with Gasteiger partial charge in [0.2, 0.25) is 0 Å². The first kappa shape index (κ1) is 28.1. The lowest BCUT2D eigenvalue weighted by atomic mass is 10.1. The average molecular weight is 593 g/mol. The van der Waals surface area contributed by atoms with Crippen LogP contribution in [-0.4, -0.2) is 45.4 Å². The number of thiophene rings is 1. The number of carbonyl (C=O) groups excluding carboxylic acids is 3. The number of rotatable bonds is 4. The summed E-state index contributed by atoms with van der Waals surface area (Å²) in [4.78, 5) is 37.0. The van der Waals surface area contributed by atoms with Crippen LogP contribution >= 0.6 is 11.3 Å². The summed E-state index contributed by atoms with van der Waals surface area (Å²) in [5.41, 5.74) is -1.20. The highest BCUT2D eigenvalue weighted by Crippen LogP contribution is 2.48. The third kappa shape index (κ3) is 5.73. The molecule has 5 rings (SSSR count). The zero-order valence-electron chi connectivity index (χ0n) is 21.7. The first-order valence-electron chi connectivity index (χ1n) is 12.2. The summed E-state index contributed by atoms with van der Waals surface area (Å²) in [6.45, 7) is -0.129. The van der Waals surface area contributed by atoms with E-state index in [1.807, 2.05) is 0 Å². The van der Waals surface area contributed by atoms with Crippen molar-refractivity contribution >= 4 is 40.7 Å². The Labute approximate surface area is 235 Å². The molecule has 0 bridgehead atoms. The lowest BCUT2D eigenvalue weighted by Crippen LogP contribution is -2.22. The summed E-state index contributed by atoms with van der Waals surface area (Å²) in [6, 6.07) is 3.44. The number of hydrogen-bond donors (Lipinski definition) is 2. The minimum atomic E-state index is -1.14. The van der Waals surface area contributed by atoms with Gasteiger partial charge in [-0.3, -0.25) is 0 Å². The Morgan fingerprint density at radius 2 is 1.51 bits per heavy atom. The molecule has 0 saturated heterocycles. The molecule has 14 heteroatoms. The number of methoxy groups -OCH3 is 2. The van der Waals surface area contributed by atoms with Crippen molar-refractivity contribution in [2.24, 2.45) is 5.41 Å². The second-order valence-corrected chi connectivity index (χ2v) is 10.3. The van der Waals surface area contributed by atoms with Crippen LogP contribution in [0.2, 0.25) is 0 Å². The summed E-state index contributed by atoms with van der Waals surface area (Å²) in [5, 5.41) is 6.01. The Morgan fingerprint density at radius 1 is 0.854 bits per heavy atom. The highest BCUT2D eigenvalue weighted by Gasteiger charge is 2.45. The molecule has 0 atom stereocenters. The zero-order chi connectivity index (χ0) is 29.3. The van der Waals surface area contributed by atoms with Crippen LogP contribution in [-0.2, 0) is 16.1 Å². The molecule has 1 aliphatic carbocycles. The number of ether oxygens (including phenoxy) is 5. The van der Waals surface area contributed by atoms with Gasteiger partial charge in [-0.25, -0.2) is 27.6 Å². The van der Waals surface area contributed by atoms with Crippen LogP contribution in [0.1, 0.15) is 38.4 Å². The van der Waals surface area contributed by atoms with Gasteiger partial charge in [-0.05, 0) is 25.0 Å². The number of esters is 2. The molecule has 10 nitrogen and oxygen atoms in total. The molecule has 41 heavy (non-hydrogen) atoms. The highest BCUT2D eigenvalue weighted by molar-refractivity contribution is 7.13.